The van der Waals surface area contributed by atoms with Crippen LogP contribution in [0.1, 0.15) is 10.4 Å². The number of sulfonamides is 1. The fourth-order valence-electron chi connectivity index (χ4n) is 1.31. The molecule has 0 bridgehead atoms. The third kappa shape index (κ3) is 3.47. The van der Waals surface area contributed by atoms with Crippen molar-refractivity contribution in [2.24, 2.45) is 0 Å². The van der Waals surface area contributed by atoms with Gasteiger partial charge in [0.05, 0.1) is 10.5 Å². The number of rotatable bonds is 6. The van der Waals surface area contributed by atoms with Crippen molar-refractivity contribution in [2.75, 3.05) is 25.6 Å². The van der Waals surface area contributed by atoms with Crippen LogP contribution in [0.4, 0.5) is 0 Å². The van der Waals surface area contributed by atoms with Gasteiger partial charge in [-0.25, -0.2) is 17.5 Å². The van der Waals surface area contributed by atoms with Crippen LogP contribution in [0, 0.1) is 0 Å². The molecular weight excluding hydrogens is 274 g/mol. The Kier molecular flexibility index (Phi) is 5.18. The van der Waals surface area contributed by atoms with Crippen LogP contribution < -0.4 is 0 Å². The van der Waals surface area contributed by atoms with E-state index in [0.717, 1.165) is 0 Å². The fraction of sp³-hybridized carbons (Fsp3) is 0.364. The largest absolute Gasteiger partial charge is 0.478 e. The first-order valence-electron chi connectivity index (χ1n) is 5.18. The molecule has 0 unspecified atom stereocenters. The molecule has 100 valence electrons. The first-order chi connectivity index (χ1) is 8.39. The molecule has 1 N–H and O–H groups in total. The molecule has 0 amide bonds. The summed E-state index contributed by atoms with van der Waals surface area (Å²) >= 11 is 1.55. The Balaban J connectivity index is 3.04. The van der Waals surface area contributed by atoms with E-state index in [1.807, 2.05) is 6.26 Å². The van der Waals surface area contributed by atoms with Gasteiger partial charge in [0, 0.05) is 19.3 Å². The maximum absolute atomic E-state index is 12.1. The zero-order chi connectivity index (χ0) is 13.8. The van der Waals surface area contributed by atoms with Crippen LogP contribution in [0.15, 0.2) is 29.2 Å². The Morgan fingerprint density at radius 2 is 2.11 bits per heavy atom. The normalized spacial score (nSPS) is 11.7. The lowest BCUT2D eigenvalue weighted by Crippen LogP contribution is -2.29. The highest BCUT2D eigenvalue weighted by Gasteiger charge is 2.21. The van der Waals surface area contributed by atoms with Crippen molar-refractivity contribution >= 4 is 27.8 Å². The summed E-state index contributed by atoms with van der Waals surface area (Å²) in [5.74, 6) is -0.451. The smallest absolute Gasteiger partial charge is 0.335 e. The van der Waals surface area contributed by atoms with E-state index in [0.29, 0.717) is 12.3 Å². The summed E-state index contributed by atoms with van der Waals surface area (Å²) in [6.07, 6.45) is 1.89. The van der Waals surface area contributed by atoms with E-state index in [9.17, 15) is 13.2 Å². The molecule has 0 aromatic heterocycles. The highest BCUT2D eigenvalue weighted by molar-refractivity contribution is 7.98. The van der Waals surface area contributed by atoms with Crippen molar-refractivity contribution in [2.45, 2.75) is 4.90 Å². The van der Waals surface area contributed by atoms with E-state index in [1.54, 1.807) is 11.8 Å². The molecule has 0 radical (unpaired) electrons. The number of aromatic carboxylic acids is 1. The van der Waals surface area contributed by atoms with E-state index in [4.69, 9.17) is 5.11 Å². The summed E-state index contributed by atoms with van der Waals surface area (Å²) in [7, 11) is -2.13. The molecule has 0 saturated heterocycles. The maximum Gasteiger partial charge on any atom is 0.335 e. The molecule has 0 fully saturated rings. The van der Waals surface area contributed by atoms with E-state index < -0.39 is 16.0 Å². The van der Waals surface area contributed by atoms with Crippen molar-refractivity contribution in [3.63, 3.8) is 0 Å². The summed E-state index contributed by atoms with van der Waals surface area (Å²) in [6.45, 7) is 0.390. The van der Waals surface area contributed by atoms with E-state index >= 15 is 0 Å². The quantitative estimate of drug-likeness (QED) is 0.856. The lowest BCUT2D eigenvalue weighted by molar-refractivity contribution is 0.0696. The number of hydrogen-bond donors (Lipinski definition) is 1. The van der Waals surface area contributed by atoms with Gasteiger partial charge in [0.25, 0.3) is 0 Å². The predicted octanol–water partition coefficient (Wildman–Crippen LogP) is 1.37. The molecule has 0 saturated carbocycles. The Labute approximate surface area is 111 Å². The third-order valence-electron chi connectivity index (χ3n) is 2.40. The second-order valence-corrected chi connectivity index (χ2v) is 6.68. The molecule has 0 aliphatic rings. The second kappa shape index (κ2) is 6.21. The molecule has 1 aromatic rings. The first-order valence-corrected chi connectivity index (χ1v) is 8.01. The van der Waals surface area contributed by atoms with Crippen LogP contribution in [0.25, 0.3) is 0 Å². The topological polar surface area (TPSA) is 74.7 Å². The minimum atomic E-state index is -3.61. The summed E-state index contributed by atoms with van der Waals surface area (Å²) in [5, 5.41) is 8.84. The Morgan fingerprint density at radius 3 is 2.67 bits per heavy atom. The van der Waals surface area contributed by atoms with Crippen LogP contribution in [0.5, 0.6) is 0 Å². The van der Waals surface area contributed by atoms with Gasteiger partial charge in [-0.15, -0.1) is 0 Å². The molecule has 0 aliphatic carbocycles. The number of hydrogen-bond acceptors (Lipinski definition) is 4. The zero-order valence-electron chi connectivity index (χ0n) is 10.2. The number of carbonyl (C=O) groups is 1. The highest BCUT2D eigenvalue weighted by atomic mass is 32.2. The van der Waals surface area contributed by atoms with Crippen molar-refractivity contribution in [3.8, 4) is 0 Å². The minimum absolute atomic E-state index is 0.00556. The summed E-state index contributed by atoms with van der Waals surface area (Å²) in [5.41, 5.74) is -0.0330. The monoisotopic (exact) mass is 289 g/mol. The van der Waals surface area contributed by atoms with Gasteiger partial charge in [-0.1, -0.05) is 6.07 Å². The Morgan fingerprint density at radius 1 is 1.44 bits per heavy atom. The minimum Gasteiger partial charge on any atom is -0.478 e. The first kappa shape index (κ1) is 15.0. The molecule has 5 nitrogen and oxygen atoms in total. The standard InChI is InChI=1S/C11H15NO4S2/c1-12(6-7-17-2)18(15,16)10-5-3-4-9(8-10)11(13)14/h3-5,8H,6-7H2,1-2H3,(H,13,14). The molecule has 0 spiro atoms. The molecule has 7 heteroatoms. The molecule has 0 atom stereocenters. The van der Waals surface area contributed by atoms with Gasteiger partial charge in [0.15, 0.2) is 0 Å². The van der Waals surface area contributed by atoms with Crippen molar-refractivity contribution in [3.05, 3.63) is 29.8 Å². The molecule has 1 aromatic carbocycles. The summed E-state index contributed by atoms with van der Waals surface area (Å²) in [4.78, 5) is 10.8. The van der Waals surface area contributed by atoms with Gasteiger partial charge in [-0.2, -0.15) is 11.8 Å². The van der Waals surface area contributed by atoms with Crippen LogP contribution >= 0.6 is 11.8 Å². The average molecular weight is 289 g/mol. The van der Waals surface area contributed by atoms with Gasteiger partial charge in [0.1, 0.15) is 0 Å². The number of nitrogens with zero attached hydrogens (tertiary/aromatic N) is 1. The molecular formula is C11H15NO4S2. The Hall–Kier alpha value is -1.05. The van der Waals surface area contributed by atoms with E-state index in [1.165, 1.54) is 35.6 Å². The van der Waals surface area contributed by atoms with Gasteiger partial charge < -0.3 is 5.11 Å². The van der Waals surface area contributed by atoms with E-state index in [-0.39, 0.29) is 10.5 Å². The number of carboxylic acids is 1. The van der Waals surface area contributed by atoms with Gasteiger partial charge in [0.2, 0.25) is 10.0 Å². The number of benzene rings is 1. The second-order valence-electron chi connectivity index (χ2n) is 3.65. The molecule has 18 heavy (non-hydrogen) atoms. The van der Waals surface area contributed by atoms with Gasteiger partial charge in [-0.3, -0.25) is 0 Å². The third-order valence-corrected chi connectivity index (χ3v) is 4.84. The SMILES string of the molecule is CSCCN(C)S(=O)(=O)c1cccc(C(=O)O)c1. The highest BCUT2D eigenvalue weighted by Crippen LogP contribution is 2.16. The fourth-order valence-corrected chi connectivity index (χ4v) is 3.10. The summed E-state index contributed by atoms with van der Waals surface area (Å²) < 4.78 is 25.5. The molecule has 0 aliphatic heterocycles. The molecule has 0 heterocycles. The van der Waals surface area contributed by atoms with Gasteiger partial charge >= 0.3 is 5.97 Å². The van der Waals surface area contributed by atoms with Gasteiger partial charge in [-0.05, 0) is 24.5 Å². The number of thioether (sulfide) groups is 1. The van der Waals surface area contributed by atoms with Crippen LogP contribution in [0.3, 0.4) is 0 Å². The number of carboxylic acid groups (broad SMARTS) is 1. The van der Waals surface area contributed by atoms with E-state index in [2.05, 4.69) is 0 Å². The average Bonchev–Trinajstić information content (AvgIpc) is 2.35. The zero-order valence-corrected chi connectivity index (χ0v) is 11.8. The predicted molar refractivity (Wildman–Crippen MR) is 71.6 cm³/mol. The van der Waals surface area contributed by atoms with Crippen LogP contribution in [-0.2, 0) is 10.0 Å². The van der Waals surface area contributed by atoms with Crippen LogP contribution in [0.2, 0.25) is 0 Å². The van der Waals surface area contributed by atoms with Crippen molar-refractivity contribution in [1.82, 2.24) is 4.31 Å². The van der Waals surface area contributed by atoms with Crippen molar-refractivity contribution < 1.29 is 18.3 Å². The lowest BCUT2D eigenvalue weighted by Gasteiger charge is -2.16. The van der Waals surface area contributed by atoms with Crippen molar-refractivity contribution in [1.29, 1.82) is 0 Å². The van der Waals surface area contributed by atoms with Crippen LogP contribution in [-0.4, -0.2) is 49.4 Å². The maximum atomic E-state index is 12.1. The Bertz CT molecular complexity index is 528. The molecule has 1 rings (SSSR count). The lowest BCUT2D eigenvalue weighted by atomic mass is 10.2. The summed E-state index contributed by atoms with van der Waals surface area (Å²) in [6, 6.07) is 5.37.